The third kappa shape index (κ3) is 6.21. The normalized spacial score (nSPS) is 16.6. The van der Waals surface area contributed by atoms with Gasteiger partial charge in [-0.25, -0.2) is 4.99 Å². The van der Waals surface area contributed by atoms with Gasteiger partial charge < -0.3 is 20.3 Å². The molecule has 1 amide bonds. The van der Waals surface area contributed by atoms with E-state index >= 15 is 0 Å². The van der Waals surface area contributed by atoms with E-state index in [1.54, 1.807) is 4.90 Å². The Morgan fingerprint density at radius 3 is 2.71 bits per heavy atom. The van der Waals surface area contributed by atoms with Crippen LogP contribution in [-0.4, -0.2) is 53.7 Å². The Bertz CT molecular complexity index is 815. The summed E-state index contributed by atoms with van der Waals surface area (Å²) in [7, 11) is 1.94. The van der Waals surface area contributed by atoms with Crippen molar-refractivity contribution >= 4 is 23.3 Å². The lowest BCUT2D eigenvalue weighted by atomic mass is 9.94. The molecule has 0 unspecified atom stereocenters. The fourth-order valence-corrected chi connectivity index (χ4v) is 4.14. The predicted octanol–water partition coefficient (Wildman–Crippen LogP) is 3.62. The zero-order valence-corrected chi connectivity index (χ0v) is 19.1. The van der Waals surface area contributed by atoms with Crippen molar-refractivity contribution in [2.75, 3.05) is 20.2 Å². The van der Waals surface area contributed by atoms with Crippen LogP contribution in [0.5, 0.6) is 5.75 Å². The second-order valence-corrected chi connectivity index (χ2v) is 8.99. The number of rotatable bonds is 9. The molecule has 170 valence electrons. The Hall–Kier alpha value is -2.57. The Balaban J connectivity index is 1.48. The summed E-state index contributed by atoms with van der Waals surface area (Å²) in [5.74, 6) is 1.42. The van der Waals surface area contributed by atoms with E-state index in [-0.39, 0.29) is 24.2 Å². The summed E-state index contributed by atoms with van der Waals surface area (Å²) in [4.78, 5) is 32.7. The molecule has 3 rings (SSSR count). The summed E-state index contributed by atoms with van der Waals surface area (Å²) in [6, 6.07) is 6.12. The lowest BCUT2D eigenvalue weighted by molar-refractivity contribution is -0.132. The molecule has 1 aromatic carbocycles. The molecule has 7 nitrogen and oxygen atoms in total. The quantitative estimate of drug-likeness (QED) is 0.607. The highest BCUT2D eigenvalue weighted by Gasteiger charge is 2.23. The van der Waals surface area contributed by atoms with Gasteiger partial charge in [0, 0.05) is 37.5 Å². The smallest absolute Gasteiger partial charge is 0.222 e. The Labute approximate surface area is 185 Å². The molecule has 0 bridgehead atoms. The minimum Gasteiger partial charge on any atom is -0.494 e. The average molecular weight is 429 g/mol. The molecule has 1 aliphatic carbocycles. The molecule has 0 radical (unpaired) electrons. The minimum atomic E-state index is -0.0382. The largest absolute Gasteiger partial charge is 0.494 e. The van der Waals surface area contributed by atoms with Crippen molar-refractivity contribution in [2.45, 2.75) is 71.4 Å². The molecule has 1 saturated carbocycles. The van der Waals surface area contributed by atoms with Crippen molar-refractivity contribution in [2.24, 2.45) is 16.6 Å². The van der Waals surface area contributed by atoms with E-state index in [1.807, 2.05) is 44.0 Å². The van der Waals surface area contributed by atoms with Crippen LogP contribution in [0.3, 0.4) is 0 Å². The fourth-order valence-electron chi connectivity index (χ4n) is 4.14. The molecule has 1 aliphatic heterocycles. The Kier molecular flexibility index (Phi) is 7.93. The van der Waals surface area contributed by atoms with Crippen molar-refractivity contribution in [3.8, 4) is 5.75 Å². The number of ether oxygens (including phenoxy) is 1. The number of aliphatic imine (C=N–C) groups is 1. The maximum absolute atomic E-state index is 12.5. The number of carbonyl (C=O) groups is 2. The van der Waals surface area contributed by atoms with Crippen LogP contribution < -0.4 is 10.5 Å². The first-order valence-corrected chi connectivity index (χ1v) is 11.5. The summed E-state index contributed by atoms with van der Waals surface area (Å²) in [6.07, 6.45) is 7.18. The Morgan fingerprint density at radius 2 is 2.00 bits per heavy atom. The second-order valence-electron chi connectivity index (χ2n) is 8.99. The van der Waals surface area contributed by atoms with Gasteiger partial charge in [0.05, 0.1) is 18.8 Å². The minimum absolute atomic E-state index is 0.0382. The number of benzene rings is 1. The first-order valence-electron chi connectivity index (χ1n) is 11.5. The van der Waals surface area contributed by atoms with Crippen LogP contribution in [0.1, 0.15) is 64.4 Å². The highest BCUT2D eigenvalue weighted by atomic mass is 16.5. The van der Waals surface area contributed by atoms with Crippen LogP contribution in [0.2, 0.25) is 0 Å². The molecule has 2 aliphatic rings. The van der Waals surface area contributed by atoms with Gasteiger partial charge >= 0.3 is 0 Å². The average Bonchev–Trinajstić information content (AvgIpc) is 2.77. The maximum atomic E-state index is 12.5. The lowest BCUT2D eigenvalue weighted by Gasteiger charge is -2.31. The lowest BCUT2D eigenvalue weighted by Crippen LogP contribution is -2.42. The van der Waals surface area contributed by atoms with Gasteiger partial charge in [0.25, 0.3) is 0 Å². The van der Waals surface area contributed by atoms with Crippen molar-refractivity contribution in [3.05, 3.63) is 23.8 Å². The van der Waals surface area contributed by atoms with Gasteiger partial charge in [-0.05, 0) is 37.5 Å². The van der Waals surface area contributed by atoms with E-state index in [4.69, 9.17) is 10.5 Å². The van der Waals surface area contributed by atoms with E-state index in [2.05, 4.69) is 4.99 Å². The monoisotopic (exact) mass is 428 g/mol. The molecule has 1 aromatic rings. The SMILES string of the molecule is CC(C)C(=O)CN1Cc2cc(OCCCC(=O)N(C)C3CCCCC3)ccc2N=C1N. The van der Waals surface area contributed by atoms with Gasteiger partial charge in [-0.15, -0.1) is 0 Å². The summed E-state index contributed by atoms with van der Waals surface area (Å²) in [6.45, 7) is 5.05. The molecular formula is C24H36N4O3. The maximum Gasteiger partial charge on any atom is 0.222 e. The summed E-state index contributed by atoms with van der Waals surface area (Å²) in [5, 5.41) is 0. The van der Waals surface area contributed by atoms with Crippen LogP contribution in [0, 0.1) is 5.92 Å². The number of carbonyl (C=O) groups excluding carboxylic acids is 2. The van der Waals surface area contributed by atoms with E-state index in [9.17, 15) is 9.59 Å². The third-order valence-corrected chi connectivity index (χ3v) is 6.28. The standard InChI is InChI=1S/C24H36N4O3/c1-17(2)22(29)16-28-15-18-14-20(11-12-21(18)26-24(28)25)31-13-7-10-23(30)27(3)19-8-5-4-6-9-19/h11-12,14,17,19H,4-10,13,15-16H2,1-3H3,(H2,25,26). The second kappa shape index (κ2) is 10.6. The van der Waals surface area contributed by atoms with Crippen LogP contribution in [-0.2, 0) is 16.1 Å². The van der Waals surface area contributed by atoms with Crippen LogP contribution >= 0.6 is 0 Å². The molecule has 2 N–H and O–H groups in total. The highest BCUT2D eigenvalue weighted by Crippen LogP contribution is 2.29. The van der Waals surface area contributed by atoms with Crippen molar-refractivity contribution < 1.29 is 14.3 Å². The van der Waals surface area contributed by atoms with Gasteiger partial charge in [0.2, 0.25) is 5.91 Å². The van der Waals surface area contributed by atoms with Crippen molar-refractivity contribution in [1.29, 1.82) is 0 Å². The summed E-state index contributed by atoms with van der Waals surface area (Å²) in [5.41, 5.74) is 7.83. The van der Waals surface area contributed by atoms with E-state index in [0.717, 1.165) is 29.8 Å². The third-order valence-electron chi connectivity index (χ3n) is 6.28. The molecule has 0 saturated heterocycles. The number of amides is 1. The van der Waals surface area contributed by atoms with Crippen LogP contribution in [0.25, 0.3) is 0 Å². The van der Waals surface area contributed by atoms with Gasteiger partial charge in [-0.2, -0.15) is 0 Å². The molecule has 31 heavy (non-hydrogen) atoms. The van der Waals surface area contributed by atoms with Gasteiger partial charge in [0.1, 0.15) is 5.75 Å². The molecule has 0 aromatic heterocycles. The van der Waals surface area contributed by atoms with E-state index in [1.165, 1.54) is 19.3 Å². The van der Waals surface area contributed by atoms with Crippen molar-refractivity contribution in [3.63, 3.8) is 0 Å². The predicted molar refractivity (Wildman–Crippen MR) is 122 cm³/mol. The first kappa shape index (κ1) is 23.1. The molecule has 7 heteroatoms. The molecule has 1 fully saturated rings. The topological polar surface area (TPSA) is 88.2 Å². The number of ketones is 1. The first-order chi connectivity index (χ1) is 14.8. The number of nitrogens with two attached hydrogens (primary N) is 1. The number of nitrogens with zero attached hydrogens (tertiary/aromatic N) is 3. The molecule has 0 atom stereocenters. The van der Waals surface area contributed by atoms with E-state index in [0.29, 0.717) is 38.0 Å². The zero-order chi connectivity index (χ0) is 22.4. The molecular weight excluding hydrogens is 392 g/mol. The number of guanidine groups is 1. The zero-order valence-electron chi connectivity index (χ0n) is 19.1. The van der Waals surface area contributed by atoms with E-state index < -0.39 is 0 Å². The summed E-state index contributed by atoms with van der Waals surface area (Å²) < 4.78 is 5.89. The van der Waals surface area contributed by atoms with Crippen LogP contribution in [0.15, 0.2) is 23.2 Å². The molecule has 0 spiro atoms. The van der Waals surface area contributed by atoms with Gasteiger partial charge in [0.15, 0.2) is 11.7 Å². The van der Waals surface area contributed by atoms with Crippen molar-refractivity contribution in [1.82, 2.24) is 9.80 Å². The van der Waals surface area contributed by atoms with Crippen LogP contribution in [0.4, 0.5) is 5.69 Å². The number of Topliss-reactive ketones (excluding diaryl/α,β-unsaturated/α-hetero) is 1. The number of hydrogen-bond acceptors (Lipinski definition) is 6. The Morgan fingerprint density at radius 1 is 1.26 bits per heavy atom. The molecule has 1 heterocycles. The van der Waals surface area contributed by atoms with Gasteiger partial charge in [-0.3, -0.25) is 9.59 Å². The summed E-state index contributed by atoms with van der Waals surface area (Å²) >= 11 is 0. The fraction of sp³-hybridized carbons (Fsp3) is 0.625. The number of hydrogen-bond donors (Lipinski definition) is 1. The van der Waals surface area contributed by atoms with Gasteiger partial charge in [-0.1, -0.05) is 33.1 Å². The highest BCUT2D eigenvalue weighted by molar-refractivity contribution is 5.90. The number of fused-ring (bicyclic) bond motifs is 1.